The molecule has 1 aromatic heterocycles. The number of ketones is 1. The fourth-order valence-electron chi connectivity index (χ4n) is 4.04. The Morgan fingerprint density at radius 3 is 2.70 bits per heavy atom. The average Bonchev–Trinajstić information content (AvgIpc) is 3.08. The standard InChI is InChI=1S/C24H21ClFN3O4/c25-16-10-14(11-17(26)13-16)2-1-3-21(30)24(33)8-9-29(23(24)32)18-5-7-19-15(12-18)4-6-20(28-19)22(27)31/h4-7,10-13,33H,1-3,8-9H2,(H2,27,31). The second-order valence-electron chi connectivity index (χ2n) is 8.06. The normalized spacial score (nSPS) is 18.2. The van der Waals surface area contributed by atoms with Crippen molar-refractivity contribution in [3.63, 3.8) is 0 Å². The number of hydrogen-bond acceptors (Lipinski definition) is 5. The van der Waals surface area contributed by atoms with Crippen molar-refractivity contribution in [3.8, 4) is 0 Å². The van der Waals surface area contributed by atoms with E-state index in [-0.39, 0.29) is 30.1 Å². The summed E-state index contributed by atoms with van der Waals surface area (Å²) < 4.78 is 13.5. The molecule has 7 nitrogen and oxygen atoms in total. The fraction of sp³-hybridized carbons (Fsp3) is 0.250. The third-order valence-corrected chi connectivity index (χ3v) is 6.00. The van der Waals surface area contributed by atoms with Crippen molar-refractivity contribution in [2.45, 2.75) is 31.3 Å². The van der Waals surface area contributed by atoms with Crippen molar-refractivity contribution in [1.29, 1.82) is 0 Å². The van der Waals surface area contributed by atoms with Gasteiger partial charge in [-0.1, -0.05) is 17.7 Å². The third kappa shape index (κ3) is 4.58. The number of halogens is 2. The first-order chi connectivity index (χ1) is 15.7. The summed E-state index contributed by atoms with van der Waals surface area (Å²) in [5.41, 5.74) is 4.98. The number of Topliss-reactive ketones (excluding diaryl/α,β-unsaturated/α-hetero) is 1. The Morgan fingerprint density at radius 1 is 1.18 bits per heavy atom. The minimum Gasteiger partial charge on any atom is -0.373 e. The summed E-state index contributed by atoms with van der Waals surface area (Å²) in [5, 5.41) is 11.8. The second-order valence-corrected chi connectivity index (χ2v) is 8.50. The molecule has 170 valence electrons. The summed E-state index contributed by atoms with van der Waals surface area (Å²) in [5.74, 6) is -2.34. The van der Waals surface area contributed by atoms with Crippen molar-refractivity contribution >= 4 is 45.8 Å². The molecule has 1 saturated heterocycles. The van der Waals surface area contributed by atoms with Gasteiger partial charge in [-0.05, 0) is 60.9 Å². The highest BCUT2D eigenvalue weighted by Gasteiger charge is 2.50. The summed E-state index contributed by atoms with van der Waals surface area (Å²) in [6.45, 7) is 0.179. The van der Waals surface area contributed by atoms with E-state index < -0.39 is 29.0 Å². The van der Waals surface area contributed by atoms with Crippen LogP contribution < -0.4 is 10.6 Å². The van der Waals surface area contributed by atoms with E-state index in [1.54, 1.807) is 30.3 Å². The van der Waals surface area contributed by atoms with E-state index in [9.17, 15) is 23.9 Å². The van der Waals surface area contributed by atoms with Crippen LogP contribution in [0.25, 0.3) is 10.9 Å². The molecule has 1 aliphatic rings. The number of fused-ring (bicyclic) bond motifs is 1. The maximum absolute atomic E-state index is 13.5. The molecule has 4 rings (SSSR count). The molecule has 1 aliphatic heterocycles. The molecule has 0 saturated carbocycles. The number of hydrogen-bond donors (Lipinski definition) is 2. The summed E-state index contributed by atoms with van der Waals surface area (Å²) in [6, 6.07) is 12.3. The lowest BCUT2D eigenvalue weighted by Gasteiger charge is -2.21. The molecule has 2 amide bonds. The van der Waals surface area contributed by atoms with Crippen molar-refractivity contribution in [1.82, 2.24) is 4.98 Å². The number of aromatic nitrogens is 1. The van der Waals surface area contributed by atoms with Crippen molar-refractivity contribution in [3.05, 3.63) is 70.6 Å². The van der Waals surface area contributed by atoms with Crippen LogP contribution in [-0.4, -0.2) is 39.8 Å². The van der Waals surface area contributed by atoms with Crippen LogP contribution in [0.5, 0.6) is 0 Å². The SMILES string of the molecule is NC(=O)c1ccc2cc(N3CCC(O)(C(=O)CCCc4cc(F)cc(Cl)c4)C3=O)ccc2n1. The number of carbonyl (C=O) groups excluding carboxylic acids is 3. The first kappa shape index (κ1) is 22.8. The van der Waals surface area contributed by atoms with E-state index >= 15 is 0 Å². The van der Waals surface area contributed by atoms with Gasteiger partial charge in [0.25, 0.3) is 11.8 Å². The highest BCUT2D eigenvalue weighted by Crippen LogP contribution is 2.32. The number of benzene rings is 2. The maximum Gasteiger partial charge on any atom is 0.267 e. The van der Waals surface area contributed by atoms with Crippen LogP contribution >= 0.6 is 11.6 Å². The Balaban J connectivity index is 1.45. The van der Waals surface area contributed by atoms with Crippen molar-refractivity contribution < 1.29 is 23.9 Å². The molecule has 33 heavy (non-hydrogen) atoms. The second kappa shape index (κ2) is 8.88. The molecule has 0 spiro atoms. The number of pyridine rings is 1. The summed E-state index contributed by atoms with van der Waals surface area (Å²) in [4.78, 5) is 42.6. The van der Waals surface area contributed by atoms with Crippen LogP contribution in [0.2, 0.25) is 5.02 Å². The van der Waals surface area contributed by atoms with Crippen LogP contribution in [0.1, 0.15) is 35.3 Å². The van der Waals surface area contributed by atoms with Crippen molar-refractivity contribution in [2.75, 3.05) is 11.4 Å². The number of nitrogens with zero attached hydrogens (tertiary/aromatic N) is 2. The van der Waals surface area contributed by atoms with Crippen LogP contribution in [0, 0.1) is 5.82 Å². The topological polar surface area (TPSA) is 114 Å². The predicted molar refractivity (Wildman–Crippen MR) is 122 cm³/mol. The Hall–Kier alpha value is -3.36. The smallest absolute Gasteiger partial charge is 0.267 e. The number of rotatable bonds is 7. The van der Waals surface area contributed by atoms with Crippen LogP contribution in [0.15, 0.2) is 48.5 Å². The zero-order valence-electron chi connectivity index (χ0n) is 17.6. The molecule has 1 atom stereocenters. The number of anilines is 1. The number of primary amides is 1. The summed E-state index contributed by atoms with van der Waals surface area (Å²) in [7, 11) is 0. The van der Waals surface area contributed by atoms with Gasteiger partial charge in [-0.25, -0.2) is 9.37 Å². The summed E-state index contributed by atoms with van der Waals surface area (Å²) in [6.07, 6.45) is 0.690. The van der Waals surface area contributed by atoms with Crippen LogP contribution in [0.3, 0.4) is 0 Å². The van der Waals surface area contributed by atoms with Gasteiger partial charge in [0.15, 0.2) is 5.78 Å². The molecule has 0 aliphatic carbocycles. The monoisotopic (exact) mass is 469 g/mol. The lowest BCUT2D eigenvalue weighted by molar-refractivity contribution is -0.147. The minimum atomic E-state index is -2.09. The average molecular weight is 470 g/mol. The van der Waals surface area contributed by atoms with E-state index in [0.717, 1.165) is 0 Å². The largest absolute Gasteiger partial charge is 0.373 e. The zero-order valence-corrected chi connectivity index (χ0v) is 18.3. The number of carbonyl (C=O) groups is 3. The predicted octanol–water partition coefficient (Wildman–Crippen LogP) is 3.19. The number of amides is 2. The van der Waals surface area contributed by atoms with Crippen LogP contribution in [-0.2, 0) is 16.0 Å². The highest BCUT2D eigenvalue weighted by molar-refractivity contribution is 6.30. The molecule has 2 aromatic carbocycles. The van der Waals surface area contributed by atoms with Gasteiger partial charge in [0.05, 0.1) is 5.52 Å². The Kier molecular flexibility index (Phi) is 6.14. The Labute approximate surface area is 194 Å². The number of aryl methyl sites for hydroxylation is 1. The third-order valence-electron chi connectivity index (χ3n) is 5.79. The molecule has 1 unspecified atom stereocenters. The van der Waals surface area contributed by atoms with Crippen molar-refractivity contribution in [2.24, 2.45) is 5.73 Å². The van der Waals surface area contributed by atoms with E-state index in [4.69, 9.17) is 17.3 Å². The van der Waals surface area contributed by atoms with E-state index in [0.29, 0.717) is 35.0 Å². The maximum atomic E-state index is 13.5. The molecule has 0 radical (unpaired) electrons. The van der Waals surface area contributed by atoms with E-state index in [2.05, 4.69) is 4.98 Å². The molecule has 9 heteroatoms. The van der Waals surface area contributed by atoms with Gasteiger partial charge in [-0.15, -0.1) is 0 Å². The number of nitrogens with two attached hydrogens (primary N) is 1. The lowest BCUT2D eigenvalue weighted by Crippen LogP contribution is -2.46. The highest BCUT2D eigenvalue weighted by atomic mass is 35.5. The fourth-order valence-corrected chi connectivity index (χ4v) is 4.29. The van der Waals surface area contributed by atoms with Gasteiger partial charge in [0, 0.05) is 35.5 Å². The molecule has 2 heterocycles. The number of aliphatic hydroxyl groups is 1. The molecule has 3 aromatic rings. The van der Waals surface area contributed by atoms with Gasteiger partial charge in [-0.3, -0.25) is 14.4 Å². The van der Waals surface area contributed by atoms with Crippen LogP contribution in [0.4, 0.5) is 10.1 Å². The first-order valence-electron chi connectivity index (χ1n) is 10.4. The first-order valence-corrected chi connectivity index (χ1v) is 10.8. The van der Waals surface area contributed by atoms with Gasteiger partial charge in [-0.2, -0.15) is 0 Å². The molecular formula is C24H21ClFN3O4. The zero-order chi connectivity index (χ0) is 23.8. The van der Waals surface area contributed by atoms with E-state index in [1.165, 1.54) is 23.1 Å². The van der Waals surface area contributed by atoms with Gasteiger partial charge in [0.2, 0.25) is 5.60 Å². The Morgan fingerprint density at radius 2 is 1.97 bits per heavy atom. The molecule has 1 fully saturated rings. The van der Waals surface area contributed by atoms with Gasteiger partial charge in [0.1, 0.15) is 11.5 Å². The minimum absolute atomic E-state index is 0.0205. The Bertz CT molecular complexity index is 1260. The molecule has 0 bridgehead atoms. The van der Waals surface area contributed by atoms with Gasteiger partial charge < -0.3 is 15.7 Å². The molecular weight excluding hydrogens is 449 g/mol. The van der Waals surface area contributed by atoms with Gasteiger partial charge >= 0.3 is 0 Å². The molecule has 3 N–H and O–H groups in total. The summed E-state index contributed by atoms with van der Waals surface area (Å²) >= 11 is 5.85. The quantitative estimate of drug-likeness (QED) is 0.516. The van der Waals surface area contributed by atoms with E-state index in [1.807, 2.05) is 0 Å². The lowest BCUT2D eigenvalue weighted by atomic mass is 9.92.